The van der Waals surface area contributed by atoms with E-state index in [1.807, 2.05) is 31.2 Å². The average Bonchev–Trinajstić information content (AvgIpc) is 2.10. The van der Waals surface area contributed by atoms with Gasteiger partial charge in [0.1, 0.15) is 0 Å². The van der Waals surface area contributed by atoms with Gasteiger partial charge in [0.05, 0.1) is 12.0 Å². The van der Waals surface area contributed by atoms with E-state index in [0.29, 0.717) is 5.69 Å². The van der Waals surface area contributed by atoms with Crippen LogP contribution in [0.1, 0.15) is 24.8 Å². The molecule has 0 fully saturated rings. The lowest BCUT2D eigenvalue weighted by Crippen LogP contribution is -1.98. The van der Waals surface area contributed by atoms with E-state index in [4.69, 9.17) is 11.0 Å². The summed E-state index contributed by atoms with van der Waals surface area (Å²) in [4.78, 5) is 0. The second kappa shape index (κ2) is 3.77. The highest BCUT2D eigenvalue weighted by molar-refractivity contribution is 5.49. The minimum absolute atomic E-state index is 0.0637. The maximum Gasteiger partial charge on any atom is 0.0730 e. The predicted octanol–water partition coefficient (Wildman–Crippen LogP) is 2.29. The van der Waals surface area contributed by atoms with Crippen LogP contribution < -0.4 is 5.73 Å². The lowest BCUT2D eigenvalue weighted by molar-refractivity contribution is 0.821. The van der Waals surface area contributed by atoms with E-state index in [2.05, 4.69) is 6.07 Å². The van der Waals surface area contributed by atoms with Crippen molar-refractivity contribution in [1.82, 2.24) is 0 Å². The molecule has 62 valence electrons. The first-order valence-corrected chi connectivity index (χ1v) is 4.03. The van der Waals surface area contributed by atoms with E-state index in [1.54, 1.807) is 0 Å². The summed E-state index contributed by atoms with van der Waals surface area (Å²) in [7, 11) is 0. The number of rotatable bonds is 2. The molecule has 0 aliphatic carbocycles. The molecule has 1 rings (SSSR count). The molecule has 0 aromatic heterocycles. The van der Waals surface area contributed by atoms with Crippen LogP contribution in [-0.4, -0.2) is 0 Å². The van der Waals surface area contributed by atoms with E-state index in [-0.39, 0.29) is 5.92 Å². The van der Waals surface area contributed by atoms with E-state index in [1.165, 1.54) is 0 Å². The van der Waals surface area contributed by atoms with Crippen molar-refractivity contribution >= 4 is 5.69 Å². The van der Waals surface area contributed by atoms with Crippen molar-refractivity contribution in [2.24, 2.45) is 0 Å². The zero-order valence-corrected chi connectivity index (χ0v) is 7.12. The van der Waals surface area contributed by atoms with Crippen LogP contribution >= 0.6 is 0 Å². The average molecular weight is 160 g/mol. The van der Waals surface area contributed by atoms with E-state index in [0.717, 1.165) is 12.0 Å². The molecule has 0 spiro atoms. The quantitative estimate of drug-likeness (QED) is 0.675. The predicted molar refractivity (Wildman–Crippen MR) is 49.5 cm³/mol. The molecule has 0 saturated heterocycles. The highest BCUT2D eigenvalue weighted by Gasteiger charge is 2.09. The maximum absolute atomic E-state index is 8.80. The molecule has 0 amide bonds. The van der Waals surface area contributed by atoms with Crippen molar-refractivity contribution in [3.8, 4) is 6.07 Å². The molecule has 0 aliphatic heterocycles. The highest BCUT2D eigenvalue weighted by atomic mass is 14.6. The molecule has 1 aromatic carbocycles. The van der Waals surface area contributed by atoms with Gasteiger partial charge in [0.2, 0.25) is 0 Å². The molecule has 2 heteroatoms. The lowest BCUT2D eigenvalue weighted by atomic mass is 9.97. The Morgan fingerprint density at radius 3 is 2.67 bits per heavy atom. The summed E-state index contributed by atoms with van der Waals surface area (Å²) in [6, 6.07) is 9.75. The van der Waals surface area contributed by atoms with Crippen molar-refractivity contribution < 1.29 is 0 Å². The first kappa shape index (κ1) is 8.61. The highest BCUT2D eigenvalue weighted by Crippen LogP contribution is 2.23. The zero-order valence-electron chi connectivity index (χ0n) is 7.12. The third-order valence-corrected chi connectivity index (χ3v) is 1.94. The molecular formula is C10H12N2. The summed E-state index contributed by atoms with van der Waals surface area (Å²) >= 11 is 0. The molecule has 2 N–H and O–H groups in total. The van der Waals surface area contributed by atoms with Gasteiger partial charge in [-0.05, 0) is 18.1 Å². The van der Waals surface area contributed by atoms with Gasteiger partial charge in [0.25, 0.3) is 0 Å². The zero-order chi connectivity index (χ0) is 8.97. The Hall–Kier alpha value is -1.49. The normalized spacial score (nSPS) is 12.0. The Morgan fingerprint density at radius 1 is 1.50 bits per heavy atom. The fourth-order valence-electron chi connectivity index (χ4n) is 1.21. The van der Waals surface area contributed by atoms with Crippen molar-refractivity contribution in [3.63, 3.8) is 0 Å². The summed E-state index contributed by atoms with van der Waals surface area (Å²) in [5.74, 6) is -0.0637. The minimum atomic E-state index is -0.0637. The lowest BCUT2D eigenvalue weighted by Gasteiger charge is -2.08. The monoisotopic (exact) mass is 160 g/mol. The van der Waals surface area contributed by atoms with Gasteiger partial charge in [0.15, 0.2) is 0 Å². The smallest absolute Gasteiger partial charge is 0.0730 e. The van der Waals surface area contributed by atoms with Gasteiger partial charge in [-0.3, -0.25) is 0 Å². The molecule has 0 bridgehead atoms. The second-order valence-corrected chi connectivity index (χ2v) is 2.72. The van der Waals surface area contributed by atoms with Gasteiger partial charge in [-0.1, -0.05) is 25.1 Å². The first-order valence-electron chi connectivity index (χ1n) is 4.03. The number of nitrogen functional groups attached to an aromatic ring is 1. The second-order valence-electron chi connectivity index (χ2n) is 2.72. The SMILES string of the molecule is CCC(C#N)c1ccccc1N. The molecule has 1 atom stereocenters. The van der Waals surface area contributed by atoms with Crippen molar-refractivity contribution in [1.29, 1.82) is 5.26 Å². The van der Waals surface area contributed by atoms with Crippen LogP contribution in [0.3, 0.4) is 0 Å². The minimum Gasteiger partial charge on any atom is -0.398 e. The molecule has 0 radical (unpaired) electrons. The number of para-hydroxylation sites is 1. The summed E-state index contributed by atoms with van der Waals surface area (Å²) in [5.41, 5.74) is 7.38. The van der Waals surface area contributed by atoms with Gasteiger partial charge in [-0.25, -0.2) is 0 Å². The topological polar surface area (TPSA) is 49.8 Å². The summed E-state index contributed by atoms with van der Waals surface area (Å²) in [5, 5.41) is 8.80. The molecular weight excluding hydrogens is 148 g/mol. The van der Waals surface area contributed by atoms with E-state index >= 15 is 0 Å². The number of nitrogens with zero attached hydrogens (tertiary/aromatic N) is 1. The Kier molecular flexibility index (Phi) is 2.71. The third kappa shape index (κ3) is 1.57. The van der Waals surface area contributed by atoms with Crippen LogP contribution in [-0.2, 0) is 0 Å². The van der Waals surface area contributed by atoms with Gasteiger partial charge in [-0.2, -0.15) is 5.26 Å². The fraction of sp³-hybridized carbons (Fsp3) is 0.300. The van der Waals surface area contributed by atoms with Crippen LogP contribution in [0.5, 0.6) is 0 Å². The van der Waals surface area contributed by atoms with Crippen LogP contribution in [0, 0.1) is 11.3 Å². The van der Waals surface area contributed by atoms with E-state index in [9.17, 15) is 0 Å². The summed E-state index contributed by atoms with van der Waals surface area (Å²) in [6.07, 6.45) is 0.810. The van der Waals surface area contributed by atoms with E-state index < -0.39 is 0 Å². The molecule has 12 heavy (non-hydrogen) atoms. The van der Waals surface area contributed by atoms with Gasteiger partial charge < -0.3 is 5.73 Å². The number of hydrogen-bond donors (Lipinski definition) is 1. The molecule has 1 unspecified atom stereocenters. The Bertz CT molecular complexity index is 299. The Balaban J connectivity index is 3.02. The Morgan fingerprint density at radius 2 is 2.17 bits per heavy atom. The number of nitriles is 1. The molecule has 1 aromatic rings. The maximum atomic E-state index is 8.80. The molecule has 0 saturated carbocycles. The fourth-order valence-corrected chi connectivity index (χ4v) is 1.21. The summed E-state index contributed by atoms with van der Waals surface area (Å²) < 4.78 is 0. The van der Waals surface area contributed by atoms with Gasteiger partial charge in [0, 0.05) is 5.69 Å². The standard InChI is InChI=1S/C10H12N2/c1-2-8(7-11)9-5-3-4-6-10(9)12/h3-6,8H,2,12H2,1H3. The Labute approximate surface area is 72.6 Å². The number of benzene rings is 1. The van der Waals surface area contributed by atoms with Crippen LogP contribution in [0.25, 0.3) is 0 Å². The van der Waals surface area contributed by atoms with Crippen molar-refractivity contribution in [3.05, 3.63) is 29.8 Å². The number of hydrogen-bond acceptors (Lipinski definition) is 2. The van der Waals surface area contributed by atoms with Crippen molar-refractivity contribution in [2.45, 2.75) is 19.3 Å². The summed E-state index contributed by atoms with van der Waals surface area (Å²) in [6.45, 7) is 1.99. The molecule has 0 aliphatic rings. The molecule has 2 nitrogen and oxygen atoms in total. The largest absolute Gasteiger partial charge is 0.398 e. The first-order chi connectivity index (χ1) is 5.79. The van der Waals surface area contributed by atoms with Gasteiger partial charge >= 0.3 is 0 Å². The number of nitrogens with two attached hydrogens (primary N) is 1. The van der Waals surface area contributed by atoms with Crippen molar-refractivity contribution in [2.75, 3.05) is 5.73 Å². The van der Waals surface area contributed by atoms with Crippen LogP contribution in [0.4, 0.5) is 5.69 Å². The molecule has 0 heterocycles. The third-order valence-electron chi connectivity index (χ3n) is 1.94. The van der Waals surface area contributed by atoms with Crippen LogP contribution in [0.15, 0.2) is 24.3 Å². The van der Waals surface area contributed by atoms with Gasteiger partial charge in [-0.15, -0.1) is 0 Å². The van der Waals surface area contributed by atoms with Crippen LogP contribution in [0.2, 0.25) is 0 Å². The number of anilines is 1.